The molecule has 4 aromatic heterocycles. The fraction of sp³-hybridized carbons (Fsp3) is 0.235. The first-order valence-electron chi connectivity index (χ1n) is 8.21. The van der Waals surface area contributed by atoms with Crippen molar-refractivity contribution in [3.05, 3.63) is 56.8 Å². The second kappa shape index (κ2) is 7.43. The molecule has 7 nitrogen and oxygen atoms in total. The summed E-state index contributed by atoms with van der Waals surface area (Å²) in [6.45, 7) is 2.13. The second-order valence-electron chi connectivity index (χ2n) is 6.02. The smallest absolute Gasteiger partial charge is 0.262 e. The summed E-state index contributed by atoms with van der Waals surface area (Å²) in [6.07, 6.45) is 7.47. The minimum Gasteiger partial charge on any atom is -0.312 e. The lowest BCUT2D eigenvalue weighted by Crippen LogP contribution is -2.25. The van der Waals surface area contributed by atoms with E-state index in [2.05, 4.69) is 25.3 Å². The molecule has 0 unspecified atom stereocenters. The molecular formula is C17H15ClN6OS2. The van der Waals surface area contributed by atoms with Crippen molar-refractivity contribution in [2.24, 2.45) is 0 Å². The minimum atomic E-state index is 0. The minimum absolute atomic E-state index is 0. The van der Waals surface area contributed by atoms with Gasteiger partial charge in [-0.15, -0.1) is 35.1 Å². The lowest BCUT2D eigenvalue weighted by atomic mass is 10.1. The van der Waals surface area contributed by atoms with E-state index in [1.165, 1.54) is 16.2 Å². The molecular weight excluding hydrogens is 404 g/mol. The zero-order valence-electron chi connectivity index (χ0n) is 14.1. The number of hydrogen-bond acceptors (Lipinski definition) is 8. The molecule has 0 amide bonds. The summed E-state index contributed by atoms with van der Waals surface area (Å²) in [7, 11) is 0. The highest BCUT2D eigenvalue weighted by atomic mass is 35.5. The average Bonchev–Trinajstić information content (AvgIpc) is 3.29. The Morgan fingerprint density at radius 2 is 2.19 bits per heavy atom. The molecule has 0 fully saturated rings. The van der Waals surface area contributed by atoms with E-state index < -0.39 is 0 Å². The van der Waals surface area contributed by atoms with Crippen molar-refractivity contribution in [2.45, 2.75) is 19.5 Å². The van der Waals surface area contributed by atoms with Gasteiger partial charge in [0.1, 0.15) is 15.5 Å². The normalized spacial score (nSPS) is 13.3. The summed E-state index contributed by atoms with van der Waals surface area (Å²) in [5.41, 5.74) is 2.74. The molecule has 0 saturated carbocycles. The molecule has 1 aliphatic heterocycles. The van der Waals surface area contributed by atoms with Gasteiger partial charge in [-0.3, -0.25) is 19.3 Å². The van der Waals surface area contributed by atoms with E-state index in [0.29, 0.717) is 6.54 Å². The molecule has 0 spiro atoms. The topological polar surface area (TPSA) is 85.6 Å². The molecule has 0 atom stereocenters. The van der Waals surface area contributed by atoms with E-state index in [9.17, 15) is 4.79 Å². The van der Waals surface area contributed by atoms with E-state index in [1.807, 2.05) is 5.38 Å². The lowest BCUT2D eigenvalue weighted by molar-refractivity contribution is 0.656. The Labute approximate surface area is 168 Å². The monoisotopic (exact) mass is 418 g/mol. The predicted molar refractivity (Wildman–Crippen MR) is 109 cm³/mol. The van der Waals surface area contributed by atoms with Crippen LogP contribution < -0.4 is 10.9 Å². The Bertz CT molecular complexity index is 1150. The van der Waals surface area contributed by atoms with Crippen LogP contribution in [0.1, 0.15) is 16.1 Å². The van der Waals surface area contributed by atoms with Crippen molar-refractivity contribution >= 4 is 45.3 Å². The summed E-state index contributed by atoms with van der Waals surface area (Å²) in [4.78, 5) is 32.5. The van der Waals surface area contributed by atoms with Gasteiger partial charge in [0, 0.05) is 29.2 Å². The van der Waals surface area contributed by atoms with Gasteiger partial charge in [0.25, 0.3) is 5.56 Å². The van der Waals surface area contributed by atoms with Crippen LogP contribution in [0.25, 0.3) is 20.9 Å². The molecule has 10 heteroatoms. The van der Waals surface area contributed by atoms with Crippen LogP contribution >= 0.6 is 35.1 Å². The van der Waals surface area contributed by atoms with Crippen LogP contribution in [-0.4, -0.2) is 31.0 Å². The van der Waals surface area contributed by atoms with Crippen molar-refractivity contribution in [3.8, 4) is 10.7 Å². The van der Waals surface area contributed by atoms with Crippen LogP contribution in [0, 0.1) is 0 Å². The molecule has 138 valence electrons. The van der Waals surface area contributed by atoms with Gasteiger partial charge in [-0.05, 0) is 18.5 Å². The van der Waals surface area contributed by atoms with Crippen LogP contribution in [-0.2, 0) is 19.5 Å². The molecule has 27 heavy (non-hydrogen) atoms. The largest absolute Gasteiger partial charge is 0.312 e. The number of thiazole rings is 1. The van der Waals surface area contributed by atoms with Crippen molar-refractivity contribution in [3.63, 3.8) is 0 Å². The maximum absolute atomic E-state index is 13.0. The zero-order chi connectivity index (χ0) is 17.5. The number of nitrogens with zero attached hydrogens (tertiary/aromatic N) is 5. The van der Waals surface area contributed by atoms with Gasteiger partial charge in [-0.2, -0.15) is 0 Å². The van der Waals surface area contributed by atoms with Gasteiger partial charge in [0.15, 0.2) is 0 Å². The maximum Gasteiger partial charge on any atom is 0.262 e. The van der Waals surface area contributed by atoms with E-state index >= 15 is 0 Å². The number of nitrogens with one attached hydrogen (secondary N) is 1. The summed E-state index contributed by atoms with van der Waals surface area (Å²) in [5, 5.41) is 6.88. The fourth-order valence-corrected chi connectivity index (χ4v) is 5.06. The Morgan fingerprint density at radius 3 is 3.04 bits per heavy atom. The Kier molecular flexibility index (Phi) is 5.00. The van der Waals surface area contributed by atoms with Crippen LogP contribution in [0.4, 0.5) is 0 Å². The number of rotatable bonds is 3. The first-order chi connectivity index (χ1) is 12.8. The SMILES string of the molecule is Cl.O=c1c2c3c(sc2ncn1Cc1csc(-c2cnccn2)n1)CNCC3. The lowest BCUT2D eigenvalue weighted by Gasteiger charge is -2.12. The Morgan fingerprint density at radius 1 is 1.26 bits per heavy atom. The van der Waals surface area contributed by atoms with Crippen LogP contribution in [0.3, 0.4) is 0 Å². The van der Waals surface area contributed by atoms with E-state index in [0.717, 1.165) is 51.7 Å². The summed E-state index contributed by atoms with van der Waals surface area (Å²) < 4.78 is 1.65. The molecule has 0 aromatic carbocycles. The van der Waals surface area contributed by atoms with E-state index in [-0.39, 0.29) is 18.0 Å². The van der Waals surface area contributed by atoms with Gasteiger partial charge >= 0.3 is 0 Å². The van der Waals surface area contributed by atoms with Gasteiger partial charge < -0.3 is 5.32 Å². The van der Waals surface area contributed by atoms with Gasteiger partial charge in [0.05, 0.1) is 30.1 Å². The first-order valence-corrected chi connectivity index (χ1v) is 9.90. The van der Waals surface area contributed by atoms with E-state index in [1.54, 1.807) is 40.8 Å². The Hall–Kier alpha value is -2.20. The number of aromatic nitrogens is 5. The molecule has 0 saturated heterocycles. The number of fused-ring (bicyclic) bond motifs is 3. The van der Waals surface area contributed by atoms with Crippen molar-refractivity contribution in [2.75, 3.05) is 6.54 Å². The molecule has 4 aromatic rings. The van der Waals surface area contributed by atoms with Gasteiger partial charge in [-0.25, -0.2) is 9.97 Å². The highest BCUT2D eigenvalue weighted by Crippen LogP contribution is 2.29. The maximum atomic E-state index is 13.0. The van der Waals surface area contributed by atoms with Crippen molar-refractivity contribution in [1.29, 1.82) is 0 Å². The average molecular weight is 419 g/mol. The highest BCUT2D eigenvalue weighted by Gasteiger charge is 2.20. The Balaban J connectivity index is 0.00000180. The fourth-order valence-electron chi connectivity index (χ4n) is 3.14. The molecule has 1 aliphatic rings. The summed E-state index contributed by atoms with van der Waals surface area (Å²) >= 11 is 3.11. The van der Waals surface area contributed by atoms with Crippen molar-refractivity contribution in [1.82, 2.24) is 29.8 Å². The first kappa shape index (κ1) is 18.2. The molecule has 0 aliphatic carbocycles. The molecule has 5 rings (SSSR count). The molecule has 5 heterocycles. The molecule has 0 radical (unpaired) electrons. The third-order valence-electron chi connectivity index (χ3n) is 4.36. The molecule has 1 N–H and O–H groups in total. The van der Waals surface area contributed by atoms with Crippen LogP contribution in [0.5, 0.6) is 0 Å². The van der Waals surface area contributed by atoms with E-state index in [4.69, 9.17) is 0 Å². The number of thiophene rings is 1. The van der Waals surface area contributed by atoms with Crippen molar-refractivity contribution < 1.29 is 0 Å². The third kappa shape index (κ3) is 3.27. The van der Waals surface area contributed by atoms with Gasteiger partial charge in [0.2, 0.25) is 0 Å². The zero-order valence-corrected chi connectivity index (χ0v) is 16.5. The second-order valence-corrected chi connectivity index (χ2v) is 7.96. The third-order valence-corrected chi connectivity index (χ3v) is 6.42. The quantitative estimate of drug-likeness (QED) is 0.550. The molecule has 0 bridgehead atoms. The van der Waals surface area contributed by atoms with Crippen LogP contribution in [0.2, 0.25) is 0 Å². The summed E-state index contributed by atoms with van der Waals surface area (Å²) in [5.74, 6) is 0. The summed E-state index contributed by atoms with van der Waals surface area (Å²) in [6, 6.07) is 0. The number of hydrogen-bond donors (Lipinski definition) is 1. The number of halogens is 1. The predicted octanol–water partition coefficient (Wildman–Crippen LogP) is 2.49. The van der Waals surface area contributed by atoms with Crippen LogP contribution in [0.15, 0.2) is 35.1 Å². The van der Waals surface area contributed by atoms with Gasteiger partial charge in [-0.1, -0.05) is 0 Å². The standard InChI is InChI=1S/C17H14N6OS2.ClH/c24-17-14-11-1-2-18-6-13(11)26-16(14)21-9-23(17)7-10-8-25-15(22-10)12-5-19-3-4-20-12;/h3-5,8-9,18H,1-2,6-7H2;1H. The highest BCUT2D eigenvalue weighted by molar-refractivity contribution is 7.18.